The lowest BCUT2D eigenvalue weighted by Crippen LogP contribution is -2.23. The van der Waals surface area contributed by atoms with Crippen molar-refractivity contribution in [2.45, 2.75) is 26.1 Å². The number of hydrogen-bond acceptors (Lipinski definition) is 4. The highest BCUT2D eigenvalue weighted by Crippen LogP contribution is 2.29. The standard InChI is InChI=1S/C11H18N6/c1-8(2)17-7-14-9-10(15-6-16(3)4)12-5-13-11(9)17/h5-8,10H,1-4H3,(H,12,13)/b15-6-. The summed E-state index contributed by atoms with van der Waals surface area (Å²) in [5.41, 5.74) is 0.874. The smallest absolute Gasteiger partial charge is 0.167 e. The molecule has 17 heavy (non-hydrogen) atoms. The molecule has 92 valence electrons. The Kier molecular flexibility index (Phi) is 3.12. The van der Waals surface area contributed by atoms with Gasteiger partial charge in [0.25, 0.3) is 0 Å². The van der Waals surface area contributed by atoms with Gasteiger partial charge in [0.15, 0.2) is 12.0 Å². The predicted octanol–water partition coefficient (Wildman–Crippen LogP) is 1.32. The van der Waals surface area contributed by atoms with Crippen molar-refractivity contribution < 1.29 is 0 Å². The van der Waals surface area contributed by atoms with Crippen LogP contribution in [0.3, 0.4) is 0 Å². The molecule has 1 aromatic heterocycles. The van der Waals surface area contributed by atoms with Crippen LogP contribution in [0.4, 0.5) is 5.82 Å². The molecule has 0 amide bonds. The van der Waals surface area contributed by atoms with Crippen LogP contribution in [0.5, 0.6) is 0 Å². The maximum atomic E-state index is 4.42. The van der Waals surface area contributed by atoms with Gasteiger partial charge in [0.05, 0.1) is 19.0 Å². The lowest BCUT2D eigenvalue weighted by Gasteiger charge is -2.18. The van der Waals surface area contributed by atoms with Gasteiger partial charge in [-0.05, 0) is 13.8 Å². The van der Waals surface area contributed by atoms with Gasteiger partial charge in [-0.3, -0.25) is 0 Å². The topological polar surface area (TPSA) is 57.8 Å². The van der Waals surface area contributed by atoms with Gasteiger partial charge in [0.2, 0.25) is 0 Å². The molecule has 2 heterocycles. The molecular weight excluding hydrogens is 216 g/mol. The molecule has 0 radical (unpaired) electrons. The summed E-state index contributed by atoms with van der Waals surface area (Å²) in [6, 6.07) is 0.347. The first-order valence-corrected chi connectivity index (χ1v) is 5.64. The fourth-order valence-electron chi connectivity index (χ4n) is 1.63. The Balaban J connectivity index is 2.30. The molecule has 1 atom stereocenters. The first-order chi connectivity index (χ1) is 8.09. The highest BCUT2D eigenvalue weighted by Gasteiger charge is 2.22. The second-order valence-corrected chi connectivity index (χ2v) is 4.51. The minimum absolute atomic E-state index is 0.148. The Hall–Kier alpha value is -1.85. The zero-order chi connectivity index (χ0) is 12.4. The number of rotatable bonds is 3. The van der Waals surface area contributed by atoms with E-state index in [1.165, 1.54) is 0 Å². The van der Waals surface area contributed by atoms with Crippen LogP contribution >= 0.6 is 0 Å². The zero-order valence-corrected chi connectivity index (χ0v) is 10.6. The van der Waals surface area contributed by atoms with Crippen molar-refractivity contribution in [3.63, 3.8) is 0 Å². The van der Waals surface area contributed by atoms with E-state index in [0.717, 1.165) is 11.5 Å². The van der Waals surface area contributed by atoms with Crippen LogP contribution in [0.15, 0.2) is 16.3 Å². The van der Waals surface area contributed by atoms with Gasteiger partial charge in [-0.15, -0.1) is 0 Å². The second-order valence-electron chi connectivity index (χ2n) is 4.51. The molecule has 1 aliphatic heterocycles. The SMILES string of the molecule is CC(C)n1cnc2c1N=CNC2/N=C\N(C)C. The molecule has 1 unspecified atom stereocenters. The summed E-state index contributed by atoms with van der Waals surface area (Å²) in [6.07, 6.45) is 5.12. The minimum atomic E-state index is -0.148. The first kappa shape index (κ1) is 11.6. The third-order valence-corrected chi connectivity index (χ3v) is 2.48. The van der Waals surface area contributed by atoms with Crippen LogP contribution in [-0.4, -0.2) is 41.2 Å². The molecule has 0 fully saturated rings. The van der Waals surface area contributed by atoms with Crippen LogP contribution in [0, 0.1) is 0 Å². The van der Waals surface area contributed by atoms with E-state index in [2.05, 4.69) is 34.1 Å². The number of imidazole rings is 1. The summed E-state index contributed by atoms with van der Waals surface area (Å²) in [6.45, 7) is 4.22. The normalized spacial score (nSPS) is 18.5. The summed E-state index contributed by atoms with van der Waals surface area (Å²) < 4.78 is 2.05. The molecule has 0 saturated heterocycles. The number of nitrogens with one attached hydrogen (secondary N) is 1. The van der Waals surface area contributed by atoms with Crippen molar-refractivity contribution >= 4 is 18.5 Å². The number of fused-ring (bicyclic) bond motifs is 1. The Morgan fingerprint density at radius 1 is 1.53 bits per heavy atom. The summed E-state index contributed by atoms with van der Waals surface area (Å²) in [5.74, 6) is 0.889. The number of aromatic nitrogens is 2. The number of nitrogens with zero attached hydrogens (tertiary/aromatic N) is 5. The Labute approximate surface area is 101 Å². The fourth-order valence-corrected chi connectivity index (χ4v) is 1.63. The van der Waals surface area contributed by atoms with Crippen molar-refractivity contribution in [3.8, 4) is 0 Å². The van der Waals surface area contributed by atoms with Gasteiger partial charge in [-0.2, -0.15) is 0 Å². The van der Waals surface area contributed by atoms with Crippen molar-refractivity contribution in [1.82, 2.24) is 19.8 Å². The highest BCUT2D eigenvalue weighted by atomic mass is 15.2. The molecule has 1 aromatic rings. The van der Waals surface area contributed by atoms with E-state index in [1.54, 1.807) is 12.7 Å². The molecule has 2 rings (SSSR count). The molecule has 1 N–H and O–H groups in total. The van der Waals surface area contributed by atoms with Gasteiger partial charge in [-0.25, -0.2) is 15.0 Å². The van der Waals surface area contributed by atoms with E-state index in [4.69, 9.17) is 0 Å². The van der Waals surface area contributed by atoms with Gasteiger partial charge < -0.3 is 14.8 Å². The van der Waals surface area contributed by atoms with Gasteiger partial charge >= 0.3 is 0 Å². The predicted molar refractivity (Wildman–Crippen MR) is 68.8 cm³/mol. The van der Waals surface area contributed by atoms with Gasteiger partial charge in [0, 0.05) is 20.1 Å². The van der Waals surface area contributed by atoms with Crippen LogP contribution in [-0.2, 0) is 0 Å². The first-order valence-electron chi connectivity index (χ1n) is 5.64. The minimum Gasteiger partial charge on any atom is -0.369 e. The van der Waals surface area contributed by atoms with E-state index < -0.39 is 0 Å². The molecule has 0 spiro atoms. The highest BCUT2D eigenvalue weighted by molar-refractivity contribution is 5.66. The van der Waals surface area contributed by atoms with E-state index in [1.807, 2.05) is 29.9 Å². The molecule has 0 bridgehead atoms. The average Bonchev–Trinajstić information content (AvgIpc) is 2.70. The third kappa shape index (κ3) is 2.30. The van der Waals surface area contributed by atoms with Gasteiger partial charge in [-0.1, -0.05) is 0 Å². The number of aliphatic imine (C=N–C) groups is 2. The van der Waals surface area contributed by atoms with E-state index in [0.29, 0.717) is 6.04 Å². The van der Waals surface area contributed by atoms with Crippen LogP contribution in [0.25, 0.3) is 0 Å². The third-order valence-electron chi connectivity index (χ3n) is 2.48. The lowest BCUT2D eigenvalue weighted by atomic mass is 10.3. The molecule has 6 heteroatoms. The Bertz CT molecular complexity index is 443. The van der Waals surface area contributed by atoms with Gasteiger partial charge in [0.1, 0.15) is 5.69 Å². The summed E-state index contributed by atoms with van der Waals surface area (Å²) in [5, 5.41) is 3.09. The average molecular weight is 234 g/mol. The van der Waals surface area contributed by atoms with Crippen molar-refractivity contribution in [2.75, 3.05) is 14.1 Å². The summed E-state index contributed by atoms with van der Waals surface area (Å²) in [4.78, 5) is 15.0. The fraction of sp³-hybridized carbons (Fsp3) is 0.545. The van der Waals surface area contributed by atoms with E-state index >= 15 is 0 Å². The van der Waals surface area contributed by atoms with E-state index in [-0.39, 0.29) is 6.17 Å². The Morgan fingerprint density at radius 3 is 2.94 bits per heavy atom. The molecule has 0 aromatic carbocycles. The Morgan fingerprint density at radius 2 is 2.29 bits per heavy atom. The molecule has 1 aliphatic rings. The summed E-state index contributed by atoms with van der Waals surface area (Å²) >= 11 is 0. The largest absolute Gasteiger partial charge is 0.369 e. The maximum Gasteiger partial charge on any atom is 0.167 e. The quantitative estimate of drug-likeness (QED) is 0.634. The zero-order valence-electron chi connectivity index (χ0n) is 10.6. The molecule has 0 saturated carbocycles. The number of hydrogen-bond donors (Lipinski definition) is 1. The maximum absolute atomic E-state index is 4.42. The molecular formula is C11H18N6. The molecule has 6 nitrogen and oxygen atoms in total. The monoisotopic (exact) mass is 234 g/mol. The van der Waals surface area contributed by atoms with Crippen LogP contribution in [0.2, 0.25) is 0 Å². The molecule has 0 aliphatic carbocycles. The van der Waals surface area contributed by atoms with Crippen LogP contribution < -0.4 is 5.32 Å². The lowest BCUT2D eigenvalue weighted by molar-refractivity contribution is 0.591. The summed E-state index contributed by atoms with van der Waals surface area (Å²) in [7, 11) is 3.88. The van der Waals surface area contributed by atoms with Crippen molar-refractivity contribution in [2.24, 2.45) is 9.98 Å². The van der Waals surface area contributed by atoms with Crippen molar-refractivity contribution in [3.05, 3.63) is 12.0 Å². The second kappa shape index (κ2) is 4.57. The van der Waals surface area contributed by atoms with E-state index in [9.17, 15) is 0 Å². The van der Waals surface area contributed by atoms with Crippen LogP contribution in [0.1, 0.15) is 31.7 Å². The van der Waals surface area contributed by atoms with Crippen molar-refractivity contribution in [1.29, 1.82) is 0 Å².